The molecule has 3 aromatic rings. The van der Waals surface area contributed by atoms with Crippen molar-refractivity contribution in [3.8, 4) is 5.75 Å². The smallest absolute Gasteiger partial charge is 0.224 e. The number of benzene rings is 1. The summed E-state index contributed by atoms with van der Waals surface area (Å²) in [5.74, 6) is 0.739. The maximum absolute atomic E-state index is 12.3. The average Bonchev–Trinajstić information content (AvgIpc) is 3.29. The summed E-state index contributed by atoms with van der Waals surface area (Å²) >= 11 is 1.64. The first-order valence-corrected chi connectivity index (χ1v) is 8.61. The van der Waals surface area contributed by atoms with E-state index in [4.69, 9.17) is 4.74 Å². The first-order chi connectivity index (χ1) is 11.8. The lowest BCUT2D eigenvalue weighted by Gasteiger charge is -2.17. The van der Waals surface area contributed by atoms with Crippen LogP contribution in [0, 0.1) is 0 Å². The van der Waals surface area contributed by atoms with Crippen LogP contribution >= 0.6 is 11.3 Å². The average molecular weight is 341 g/mol. The van der Waals surface area contributed by atoms with Crippen molar-refractivity contribution in [3.05, 3.63) is 70.7 Å². The van der Waals surface area contributed by atoms with Gasteiger partial charge in [0.1, 0.15) is 5.75 Å². The highest BCUT2D eigenvalue weighted by molar-refractivity contribution is 7.07. The molecule has 1 aromatic carbocycles. The Hall–Kier alpha value is -2.60. The van der Waals surface area contributed by atoms with Crippen LogP contribution in [0.15, 0.2) is 59.6 Å². The van der Waals surface area contributed by atoms with Crippen molar-refractivity contribution in [3.63, 3.8) is 0 Å². The van der Waals surface area contributed by atoms with Gasteiger partial charge in [-0.15, -0.1) is 0 Å². The third kappa shape index (κ3) is 4.02. The molecular formula is C18H19N3O2S. The Morgan fingerprint density at radius 3 is 3.00 bits per heavy atom. The number of carbonyl (C=O) groups is 1. The number of nitrogens with zero attached hydrogens (tertiary/aromatic N) is 2. The van der Waals surface area contributed by atoms with Gasteiger partial charge in [0.15, 0.2) is 0 Å². The van der Waals surface area contributed by atoms with Crippen LogP contribution in [0.2, 0.25) is 0 Å². The molecular weight excluding hydrogens is 322 g/mol. The topological polar surface area (TPSA) is 56.1 Å². The summed E-state index contributed by atoms with van der Waals surface area (Å²) in [6.07, 6.45) is 3.99. The molecule has 0 aliphatic carbocycles. The lowest BCUT2D eigenvalue weighted by Crippen LogP contribution is -2.32. The van der Waals surface area contributed by atoms with E-state index < -0.39 is 0 Å². The van der Waals surface area contributed by atoms with Gasteiger partial charge in [-0.1, -0.05) is 12.1 Å². The Labute approximate surface area is 144 Å². The number of thiophene rings is 1. The Morgan fingerprint density at radius 2 is 2.29 bits per heavy atom. The third-order valence-corrected chi connectivity index (χ3v) is 4.47. The molecule has 0 radical (unpaired) electrons. The molecule has 1 amide bonds. The van der Waals surface area contributed by atoms with E-state index in [0.717, 1.165) is 16.9 Å². The van der Waals surface area contributed by atoms with E-state index >= 15 is 0 Å². The summed E-state index contributed by atoms with van der Waals surface area (Å²) in [6, 6.07) is 11.5. The fourth-order valence-electron chi connectivity index (χ4n) is 2.53. The summed E-state index contributed by atoms with van der Waals surface area (Å²) in [5.41, 5.74) is 2.07. The molecule has 0 unspecified atom stereocenters. The van der Waals surface area contributed by atoms with Crippen molar-refractivity contribution in [2.75, 3.05) is 13.7 Å². The number of hydrogen-bond donors (Lipinski definition) is 1. The van der Waals surface area contributed by atoms with Gasteiger partial charge >= 0.3 is 0 Å². The Bertz CT molecular complexity index is 735. The van der Waals surface area contributed by atoms with Crippen LogP contribution in [0.1, 0.15) is 17.2 Å². The zero-order valence-corrected chi connectivity index (χ0v) is 14.2. The first-order valence-electron chi connectivity index (χ1n) is 7.67. The maximum atomic E-state index is 12.3. The zero-order chi connectivity index (χ0) is 16.8. The standard InChI is InChI=1S/C18H19N3O2S/c1-23-16-5-2-4-14(10-16)11-18(22)19-12-17(15-6-9-24-13-15)21-8-3-7-20-21/h2-10,13,17H,11-12H2,1H3,(H,19,22)/t17-/m1/s1. The van der Waals surface area contributed by atoms with Crippen molar-refractivity contribution < 1.29 is 9.53 Å². The number of methoxy groups -OCH3 is 1. The maximum Gasteiger partial charge on any atom is 0.224 e. The fraction of sp³-hybridized carbons (Fsp3) is 0.222. The SMILES string of the molecule is COc1cccc(CC(=O)NC[C@H](c2ccsc2)n2cccn2)c1. The molecule has 0 bridgehead atoms. The van der Waals surface area contributed by atoms with Crippen LogP contribution in [0.5, 0.6) is 5.75 Å². The molecule has 124 valence electrons. The van der Waals surface area contributed by atoms with Crippen LogP contribution in [-0.4, -0.2) is 29.3 Å². The highest BCUT2D eigenvalue weighted by Gasteiger charge is 2.16. The highest BCUT2D eigenvalue weighted by Crippen LogP contribution is 2.19. The molecule has 0 saturated carbocycles. The minimum absolute atomic E-state index is 0.000472. The van der Waals surface area contributed by atoms with E-state index in [0.29, 0.717) is 13.0 Å². The predicted octanol–water partition coefficient (Wildman–Crippen LogP) is 2.90. The molecule has 0 fully saturated rings. The number of aromatic nitrogens is 2. The van der Waals surface area contributed by atoms with Gasteiger partial charge in [-0.05, 0) is 46.2 Å². The number of carbonyl (C=O) groups excluding carboxylic acids is 1. The molecule has 3 rings (SSSR count). The van der Waals surface area contributed by atoms with E-state index in [-0.39, 0.29) is 11.9 Å². The minimum atomic E-state index is -0.0179. The molecule has 0 aliphatic rings. The van der Waals surface area contributed by atoms with Gasteiger partial charge in [0.2, 0.25) is 5.91 Å². The van der Waals surface area contributed by atoms with Crippen LogP contribution in [0.25, 0.3) is 0 Å². The van der Waals surface area contributed by atoms with E-state index in [2.05, 4.69) is 21.9 Å². The molecule has 2 aromatic heterocycles. The summed E-state index contributed by atoms with van der Waals surface area (Å²) in [7, 11) is 1.62. The van der Waals surface area contributed by atoms with Crippen LogP contribution in [0.4, 0.5) is 0 Å². The molecule has 2 heterocycles. The highest BCUT2D eigenvalue weighted by atomic mass is 32.1. The van der Waals surface area contributed by atoms with Crippen LogP contribution < -0.4 is 10.1 Å². The van der Waals surface area contributed by atoms with Crippen molar-refractivity contribution >= 4 is 17.2 Å². The largest absolute Gasteiger partial charge is 0.497 e. The van der Waals surface area contributed by atoms with Gasteiger partial charge < -0.3 is 10.1 Å². The Kier molecular flexibility index (Phi) is 5.28. The molecule has 6 heteroatoms. The molecule has 0 aliphatic heterocycles. The van der Waals surface area contributed by atoms with Gasteiger partial charge in [0, 0.05) is 18.9 Å². The van der Waals surface area contributed by atoms with Gasteiger partial charge in [-0.25, -0.2) is 0 Å². The molecule has 0 saturated heterocycles. The normalized spacial score (nSPS) is 11.9. The van der Waals surface area contributed by atoms with Crippen molar-refractivity contribution in [2.24, 2.45) is 0 Å². The summed E-state index contributed by atoms with van der Waals surface area (Å²) in [4.78, 5) is 12.3. The van der Waals surface area contributed by atoms with E-state index in [1.54, 1.807) is 24.6 Å². The van der Waals surface area contributed by atoms with Crippen molar-refractivity contribution in [1.29, 1.82) is 0 Å². The van der Waals surface area contributed by atoms with Crippen molar-refractivity contribution in [1.82, 2.24) is 15.1 Å². The summed E-state index contributed by atoms with van der Waals surface area (Å²) in [5, 5.41) is 11.4. The number of ether oxygens (including phenoxy) is 1. The van der Waals surface area contributed by atoms with E-state index in [1.165, 1.54) is 0 Å². The fourth-order valence-corrected chi connectivity index (χ4v) is 3.24. The number of amides is 1. The molecule has 1 atom stereocenters. The summed E-state index contributed by atoms with van der Waals surface area (Å²) < 4.78 is 7.06. The lowest BCUT2D eigenvalue weighted by atomic mass is 10.1. The number of rotatable bonds is 7. The molecule has 0 spiro atoms. The molecule has 24 heavy (non-hydrogen) atoms. The lowest BCUT2D eigenvalue weighted by molar-refractivity contribution is -0.120. The van der Waals surface area contributed by atoms with Gasteiger partial charge in [-0.3, -0.25) is 9.48 Å². The molecule has 5 nitrogen and oxygen atoms in total. The second kappa shape index (κ2) is 7.79. The number of nitrogens with one attached hydrogen (secondary N) is 1. The van der Waals surface area contributed by atoms with Gasteiger partial charge in [0.25, 0.3) is 0 Å². The quantitative estimate of drug-likeness (QED) is 0.719. The van der Waals surface area contributed by atoms with E-state index in [1.807, 2.05) is 46.6 Å². The zero-order valence-electron chi connectivity index (χ0n) is 13.4. The van der Waals surface area contributed by atoms with Crippen molar-refractivity contribution in [2.45, 2.75) is 12.5 Å². The van der Waals surface area contributed by atoms with Gasteiger partial charge in [-0.2, -0.15) is 16.4 Å². The first kappa shape index (κ1) is 16.3. The second-order valence-corrected chi connectivity index (χ2v) is 6.17. The summed E-state index contributed by atoms with van der Waals surface area (Å²) in [6.45, 7) is 0.501. The molecule has 1 N–H and O–H groups in total. The third-order valence-electron chi connectivity index (χ3n) is 3.76. The predicted molar refractivity (Wildman–Crippen MR) is 94.4 cm³/mol. The van der Waals surface area contributed by atoms with Crippen LogP contribution in [-0.2, 0) is 11.2 Å². The van der Waals surface area contributed by atoms with E-state index in [9.17, 15) is 4.79 Å². The Morgan fingerprint density at radius 1 is 1.38 bits per heavy atom. The minimum Gasteiger partial charge on any atom is -0.497 e. The van der Waals surface area contributed by atoms with Gasteiger partial charge in [0.05, 0.1) is 19.6 Å². The second-order valence-electron chi connectivity index (χ2n) is 5.39. The Balaban J connectivity index is 1.63. The monoisotopic (exact) mass is 341 g/mol. The number of hydrogen-bond acceptors (Lipinski definition) is 4. The van der Waals surface area contributed by atoms with Crippen LogP contribution in [0.3, 0.4) is 0 Å².